The fraction of sp³-hybridized carbons (Fsp3) is 0.690. The third kappa shape index (κ3) is 4.02. The predicted octanol–water partition coefficient (Wildman–Crippen LogP) is 3.47. The summed E-state index contributed by atoms with van der Waals surface area (Å²) in [5.41, 5.74) is 0. The van der Waals surface area contributed by atoms with Gasteiger partial charge in [0.1, 0.15) is 5.82 Å². The van der Waals surface area contributed by atoms with Crippen molar-refractivity contribution < 1.29 is 14.7 Å². The molecule has 7 rings (SSSR count). The molecule has 3 aliphatic carbocycles. The van der Waals surface area contributed by atoms with Gasteiger partial charge >= 0.3 is 0 Å². The fourth-order valence-electron chi connectivity index (χ4n) is 8.62. The van der Waals surface area contributed by atoms with Crippen molar-refractivity contribution in [3.63, 3.8) is 0 Å². The van der Waals surface area contributed by atoms with Crippen molar-refractivity contribution in [2.45, 2.75) is 38.5 Å². The smallest absolute Gasteiger partial charge is 0.233 e. The molecule has 37 heavy (non-hydrogen) atoms. The Balaban J connectivity index is 0.985. The second-order valence-corrected chi connectivity index (χ2v) is 13.1. The van der Waals surface area contributed by atoms with E-state index in [4.69, 9.17) is 4.37 Å². The van der Waals surface area contributed by atoms with Crippen molar-refractivity contribution in [3.05, 3.63) is 24.3 Å². The van der Waals surface area contributed by atoms with E-state index < -0.39 is 0 Å². The zero-order valence-corrected chi connectivity index (χ0v) is 22.3. The summed E-state index contributed by atoms with van der Waals surface area (Å²) < 4.78 is 6.01. The minimum atomic E-state index is -0.152. The Hall–Kier alpha value is -2.03. The second-order valence-electron chi connectivity index (χ2n) is 12.3. The van der Waals surface area contributed by atoms with Crippen molar-refractivity contribution in [2.24, 2.45) is 41.4 Å². The van der Waals surface area contributed by atoms with Gasteiger partial charge in [0, 0.05) is 51.3 Å². The van der Waals surface area contributed by atoms with Gasteiger partial charge in [-0.15, -0.1) is 0 Å². The molecule has 8 heteroatoms. The molecule has 0 radical (unpaired) electrons. The van der Waals surface area contributed by atoms with E-state index in [2.05, 4.69) is 34.1 Å². The first-order valence-corrected chi connectivity index (χ1v) is 15.2. The number of aromatic nitrogens is 1. The number of piperazine rings is 1. The number of benzene rings is 1. The van der Waals surface area contributed by atoms with Crippen LogP contribution in [0.4, 0.5) is 5.82 Å². The van der Waals surface area contributed by atoms with E-state index in [0.29, 0.717) is 24.3 Å². The molecule has 2 amide bonds. The summed E-state index contributed by atoms with van der Waals surface area (Å²) in [6.07, 6.45) is 6.65. The monoisotopic (exact) mass is 522 g/mol. The Labute approximate surface area is 223 Å². The van der Waals surface area contributed by atoms with E-state index in [0.717, 1.165) is 57.8 Å². The van der Waals surface area contributed by atoms with Crippen molar-refractivity contribution in [2.75, 3.05) is 50.8 Å². The molecule has 2 saturated heterocycles. The standard InChI is InChI=1S/C29H38N4O3S/c34-17-21-13-20-14-23(21)26-25(20)28(35)33(29(26)36)16-19-6-2-1-5-18(19)15-31-9-11-32(12-10-31)27-22-7-3-4-8-24(22)37-30-27/h3-4,7-8,18-21,23,25-26,34H,1-2,5-6,9-17H2/t18-,19-,20-,21?,23+,25-,26+/m0/s1. The van der Waals surface area contributed by atoms with E-state index in [1.165, 1.54) is 29.3 Å². The Kier molecular flexibility index (Phi) is 6.25. The fourth-order valence-corrected chi connectivity index (χ4v) is 9.41. The van der Waals surface area contributed by atoms with Crippen molar-refractivity contribution >= 4 is 39.3 Å². The van der Waals surface area contributed by atoms with E-state index in [-0.39, 0.29) is 42.1 Å². The maximum absolute atomic E-state index is 13.5. The third-order valence-electron chi connectivity index (χ3n) is 10.5. The molecule has 198 valence electrons. The first-order chi connectivity index (χ1) is 18.1. The van der Waals surface area contributed by atoms with Gasteiger partial charge in [-0.3, -0.25) is 19.4 Å². The lowest BCUT2D eigenvalue weighted by Gasteiger charge is -2.40. The molecular formula is C29H38N4O3S. The molecule has 2 bridgehead atoms. The number of carbonyl (C=O) groups is 2. The molecule has 7 atom stereocenters. The summed E-state index contributed by atoms with van der Waals surface area (Å²) in [6.45, 7) is 5.89. The Bertz CT molecular complexity index is 1180. The van der Waals surface area contributed by atoms with Gasteiger partial charge in [0.25, 0.3) is 0 Å². The van der Waals surface area contributed by atoms with Crippen molar-refractivity contribution in [3.8, 4) is 0 Å². The first kappa shape index (κ1) is 24.0. The van der Waals surface area contributed by atoms with Crippen LogP contribution in [0.5, 0.6) is 0 Å². The number of rotatable bonds is 6. The molecule has 3 saturated carbocycles. The van der Waals surface area contributed by atoms with Crippen LogP contribution in [0.25, 0.3) is 10.1 Å². The Morgan fingerprint density at radius 2 is 1.62 bits per heavy atom. The van der Waals surface area contributed by atoms with Crippen molar-refractivity contribution in [1.29, 1.82) is 0 Å². The molecule has 2 aromatic rings. The lowest BCUT2D eigenvalue weighted by Crippen LogP contribution is -2.49. The predicted molar refractivity (Wildman–Crippen MR) is 144 cm³/mol. The van der Waals surface area contributed by atoms with E-state index >= 15 is 0 Å². The number of amides is 2. The van der Waals surface area contributed by atoms with Gasteiger partial charge in [-0.1, -0.05) is 25.0 Å². The lowest BCUT2D eigenvalue weighted by molar-refractivity contribution is -0.142. The van der Waals surface area contributed by atoms with Crippen LogP contribution in [0.3, 0.4) is 0 Å². The van der Waals surface area contributed by atoms with Gasteiger partial charge in [0.2, 0.25) is 11.8 Å². The number of imide groups is 1. The number of likely N-dealkylation sites (tertiary alicyclic amines) is 1. The van der Waals surface area contributed by atoms with Gasteiger partial charge in [-0.2, -0.15) is 4.37 Å². The number of aliphatic hydroxyl groups excluding tert-OH is 1. The first-order valence-electron chi connectivity index (χ1n) is 14.4. The summed E-state index contributed by atoms with van der Waals surface area (Å²) >= 11 is 1.59. The highest BCUT2D eigenvalue weighted by Crippen LogP contribution is 2.58. The number of carbonyl (C=O) groups excluding carboxylic acids is 2. The maximum Gasteiger partial charge on any atom is 0.233 e. The molecule has 2 aliphatic heterocycles. The van der Waals surface area contributed by atoms with E-state index in [1.807, 2.05) is 0 Å². The zero-order chi connectivity index (χ0) is 25.1. The molecule has 1 aromatic heterocycles. The summed E-state index contributed by atoms with van der Waals surface area (Å²) in [5.74, 6) is 2.75. The number of fused-ring (bicyclic) bond motifs is 6. The average Bonchev–Trinajstić information content (AvgIpc) is 3.69. The van der Waals surface area contributed by atoms with Crippen LogP contribution in [0.15, 0.2) is 24.3 Å². The van der Waals surface area contributed by atoms with Gasteiger partial charge in [-0.05, 0) is 78.9 Å². The van der Waals surface area contributed by atoms with Crippen LogP contribution in [-0.4, -0.2) is 77.0 Å². The molecule has 1 unspecified atom stereocenters. The molecule has 5 aliphatic rings. The molecule has 0 spiro atoms. The topological polar surface area (TPSA) is 77.0 Å². The number of anilines is 1. The highest BCUT2D eigenvalue weighted by molar-refractivity contribution is 7.13. The second kappa shape index (κ2) is 9.62. The van der Waals surface area contributed by atoms with E-state index in [1.54, 1.807) is 16.4 Å². The summed E-state index contributed by atoms with van der Waals surface area (Å²) in [4.78, 5) is 33.6. The van der Waals surface area contributed by atoms with Crippen LogP contribution in [0, 0.1) is 41.4 Å². The van der Waals surface area contributed by atoms with Gasteiger partial charge < -0.3 is 10.0 Å². The van der Waals surface area contributed by atoms with Crippen LogP contribution in [0.1, 0.15) is 38.5 Å². The largest absolute Gasteiger partial charge is 0.396 e. The molecule has 5 fully saturated rings. The highest BCUT2D eigenvalue weighted by Gasteiger charge is 2.63. The molecule has 1 N–H and O–H groups in total. The minimum Gasteiger partial charge on any atom is -0.396 e. The van der Waals surface area contributed by atoms with Crippen molar-refractivity contribution in [1.82, 2.24) is 14.2 Å². The number of aliphatic hydroxyl groups is 1. The molecule has 3 heterocycles. The molecule has 7 nitrogen and oxygen atoms in total. The normalized spacial score (nSPS) is 36.2. The SMILES string of the molecule is O=C1[C@H]2[C@H]3CC(CO)[C@@H](C3)[C@H]2C(=O)N1C[C@@H]1CCCC[C@H]1CN1CCN(c2nsc3ccccc23)CC1. The van der Waals surface area contributed by atoms with Gasteiger partial charge in [-0.25, -0.2) is 0 Å². The zero-order valence-electron chi connectivity index (χ0n) is 21.5. The summed E-state index contributed by atoms with van der Waals surface area (Å²) in [6, 6.07) is 8.50. The average molecular weight is 523 g/mol. The Morgan fingerprint density at radius 3 is 2.41 bits per heavy atom. The van der Waals surface area contributed by atoms with Crippen LogP contribution >= 0.6 is 11.5 Å². The van der Waals surface area contributed by atoms with Crippen LogP contribution in [0.2, 0.25) is 0 Å². The molecule has 1 aromatic carbocycles. The minimum absolute atomic E-state index is 0.0778. The summed E-state index contributed by atoms with van der Waals surface area (Å²) in [7, 11) is 0. The highest BCUT2D eigenvalue weighted by atomic mass is 32.1. The van der Waals surface area contributed by atoms with Gasteiger partial charge in [0.15, 0.2) is 0 Å². The van der Waals surface area contributed by atoms with Gasteiger partial charge in [0.05, 0.1) is 16.5 Å². The van der Waals surface area contributed by atoms with E-state index in [9.17, 15) is 14.7 Å². The number of nitrogens with zero attached hydrogens (tertiary/aromatic N) is 4. The van der Waals surface area contributed by atoms with Crippen LogP contribution in [-0.2, 0) is 9.59 Å². The number of hydrogen-bond donors (Lipinski definition) is 1. The molecular weight excluding hydrogens is 484 g/mol. The van der Waals surface area contributed by atoms with Crippen LogP contribution < -0.4 is 4.90 Å². The quantitative estimate of drug-likeness (QED) is 0.586. The number of hydrogen-bond acceptors (Lipinski definition) is 7. The lowest BCUT2D eigenvalue weighted by atomic mass is 9.75. The third-order valence-corrected chi connectivity index (χ3v) is 11.3. The Morgan fingerprint density at radius 1 is 0.892 bits per heavy atom. The summed E-state index contributed by atoms with van der Waals surface area (Å²) in [5, 5.41) is 11.0. The maximum atomic E-state index is 13.5.